The monoisotopic (exact) mass is 311 g/mol. The van der Waals surface area contributed by atoms with E-state index in [0.717, 1.165) is 0 Å². The number of rotatable bonds is 7. The molecule has 21 heavy (non-hydrogen) atoms. The minimum atomic E-state index is -0.157. The molecule has 0 heterocycles. The van der Waals surface area contributed by atoms with E-state index in [0.29, 0.717) is 23.8 Å². The number of anilines is 1. The topological polar surface area (TPSA) is 52.7 Å². The number of nitrogens with zero attached hydrogens (tertiary/aromatic N) is 2. The molecule has 0 aliphatic heterocycles. The van der Waals surface area contributed by atoms with Gasteiger partial charge in [0.05, 0.1) is 23.8 Å². The van der Waals surface area contributed by atoms with Gasteiger partial charge in [-0.2, -0.15) is 0 Å². The van der Waals surface area contributed by atoms with Crippen LogP contribution in [0.15, 0.2) is 24.3 Å². The van der Waals surface area contributed by atoms with Crippen molar-refractivity contribution in [3.05, 3.63) is 29.3 Å². The molecule has 0 radical (unpaired) electrons. The van der Waals surface area contributed by atoms with Crippen molar-refractivity contribution in [3.8, 4) is 0 Å². The Hall–Kier alpha value is -1.75. The molecule has 1 aromatic rings. The average molecular weight is 312 g/mol. The van der Waals surface area contributed by atoms with Gasteiger partial charge in [0.1, 0.15) is 0 Å². The molecule has 0 saturated carbocycles. The van der Waals surface area contributed by atoms with Crippen molar-refractivity contribution in [2.75, 3.05) is 38.5 Å². The molecule has 0 aliphatic rings. The Morgan fingerprint density at radius 3 is 2.33 bits per heavy atom. The summed E-state index contributed by atoms with van der Waals surface area (Å²) < 4.78 is 0. The summed E-state index contributed by atoms with van der Waals surface area (Å²) >= 11 is 6.00. The number of carbonyl (C=O) groups excluding carboxylic acids is 2. The van der Waals surface area contributed by atoms with Gasteiger partial charge in [-0.05, 0) is 26.0 Å². The molecule has 0 saturated heterocycles. The molecule has 6 heteroatoms. The predicted octanol–water partition coefficient (Wildman–Crippen LogP) is 2.08. The van der Waals surface area contributed by atoms with E-state index in [4.69, 9.17) is 11.6 Å². The maximum absolute atomic E-state index is 12.0. The van der Waals surface area contributed by atoms with Crippen LogP contribution in [0, 0.1) is 0 Å². The van der Waals surface area contributed by atoms with Crippen molar-refractivity contribution >= 4 is 29.1 Å². The fourth-order valence-electron chi connectivity index (χ4n) is 1.88. The summed E-state index contributed by atoms with van der Waals surface area (Å²) in [5.74, 6) is -0.205. The first-order chi connectivity index (χ1) is 9.99. The predicted molar refractivity (Wildman–Crippen MR) is 85.5 cm³/mol. The molecular formula is C15H22ClN3O2. The Morgan fingerprint density at radius 2 is 1.76 bits per heavy atom. The van der Waals surface area contributed by atoms with Crippen LogP contribution in [0.4, 0.5) is 5.69 Å². The lowest BCUT2D eigenvalue weighted by Gasteiger charge is -2.23. The smallest absolute Gasteiger partial charge is 0.242 e. The van der Waals surface area contributed by atoms with Crippen LogP contribution in [-0.2, 0) is 9.59 Å². The summed E-state index contributed by atoms with van der Waals surface area (Å²) in [6, 6.07) is 7.22. The van der Waals surface area contributed by atoms with E-state index in [1.807, 2.05) is 26.0 Å². The first kappa shape index (κ1) is 17.3. The Balaban J connectivity index is 2.48. The van der Waals surface area contributed by atoms with Crippen LogP contribution < -0.4 is 5.32 Å². The maximum atomic E-state index is 12.0. The highest BCUT2D eigenvalue weighted by molar-refractivity contribution is 6.33. The van der Waals surface area contributed by atoms with Crippen LogP contribution in [0.5, 0.6) is 0 Å². The molecule has 0 aliphatic carbocycles. The Bertz CT molecular complexity index is 490. The van der Waals surface area contributed by atoms with Crippen molar-refractivity contribution in [2.45, 2.75) is 13.8 Å². The van der Waals surface area contributed by atoms with Gasteiger partial charge < -0.3 is 15.1 Å². The normalized spacial score (nSPS) is 10.1. The summed E-state index contributed by atoms with van der Waals surface area (Å²) in [7, 11) is 1.62. The lowest BCUT2D eigenvalue weighted by Crippen LogP contribution is -2.42. The van der Waals surface area contributed by atoms with E-state index in [9.17, 15) is 9.59 Å². The van der Waals surface area contributed by atoms with Crippen LogP contribution in [-0.4, -0.2) is 54.8 Å². The zero-order valence-corrected chi connectivity index (χ0v) is 13.5. The van der Waals surface area contributed by atoms with Gasteiger partial charge in [-0.25, -0.2) is 0 Å². The largest absolute Gasteiger partial charge is 0.375 e. The van der Waals surface area contributed by atoms with Crippen LogP contribution >= 0.6 is 11.6 Å². The SMILES string of the molecule is CCN(CC)C(=O)CN(C)C(=O)CNc1ccccc1Cl. The van der Waals surface area contributed by atoms with Crippen molar-refractivity contribution in [2.24, 2.45) is 0 Å². The molecular weight excluding hydrogens is 290 g/mol. The van der Waals surface area contributed by atoms with Crippen molar-refractivity contribution in [1.29, 1.82) is 0 Å². The number of likely N-dealkylation sites (N-methyl/N-ethyl adjacent to an activating group) is 2. The summed E-state index contributed by atoms with van der Waals surface area (Å²) in [5, 5.41) is 3.54. The third kappa shape index (κ3) is 5.27. The molecule has 0 unspecified atom stereocenters. The third-order valence-electron chi connectivity index (χ3n) is 3.22. The lowest BCUT2D eigenvalue weighted by atomic mass is 10.3. The second-order valence-electron chi connectivity index (χ2n) is 4.65. The first-order valence-corrected chi connectivity index (χ1v) is 7.37. The quantitative estimate of drug-likeness (QED) is 0.839. The van der Waals surface area contributed by atoms with E-state index in [-0.39, 0.29) is 24.9 Å². The highest BCUT2D eigenvalue weighted by atomic mass is 35.5. The molecule has 116 valence electrons. The molecule has 1 rings (SSSR count). The summed E-state index contributed by atoms with van der Waals surface area (Å²) in [6.07, 6.45) is 0. The maximum Gasteiger partial charge on any atom is 0.242 e. The second-order valence-corrected chi connectivity index (χ2v) is 5.06. The van der Waals surface area contributed by atoms with Gasteiger partial charge in [-0.3, -0.25) is 9.59 Å². The average Bonchev–Trinajstić information content (AvgIpc) is 2.47. The van der Waals surface area contributed by atoms with E-state index < -0.39 is 0 Å². The van der Waals surface area contributed by atoms with Crippen LogP contribution in [0.25, 0.3) is 0 Å². The zero-order chi connectivity index (χ0) is 15.8. The highest BCUT2D eigenvalue weighted by Crippen LogP contribution is 2.19. The standard InChI is InChI=1S/C15H22ClN3O2/c1-4-19(5-2)15(21)11-18(3)14(20)10-17-13-9-7-6-8-12(13)16/h6-9,17H,4-5,10-11H2,1-3H3. The lowest BCUT2D eigenvalue weighted by molar-refractivity contribution is -0.138. The minimum absolute atomic E-state index is 0.0476. The highest BCUT2D eigenvalue weighted by Gasteiger charge is 2.16. The molecule has 5 nitrogen and oxygen atoms in total. The summed E-state index contributed by atoms with van der Waals surface area (Å²) in [5.41, 5.74) is 0.705. The van der Waals surface area contributed by atoms with Crippen molar-refractivity contribution in [1.82, 2.24) is 9.80 Å². The van der Waals surface area contributed by atoms with Crippen LogP contribution in [0.1, 0.15) is 13.8 Å². The number of hydrogen-bond acceptors (Lipinski definition) is 3. The summed E-state index contributed by atoms with van der Waals surface area (Å²) in [4.78, 5) is 27.1. The number of benzene rings is 1. The van der Waals surface area contributed by atoms with Gasteiger partial charge in [0.2, 0.25) is 11.8 Å². The molecule has 0 spiro atoms. The molecule has 0 atom stereocenters. The minimum Gasteiger partial charge on any atom is -0.375 e. The number of halogens is 1. The number of hydrogen-bond donors (Lipinski definition) is 1. The second kappa shape index (κ2) is 8.52. The Morgan fingerprint density at radius 1 is 1.14 bits per heavy atom. The van der Waals surface area contributed by atoms with Gasteiger partial charge in [0.25, 0.3) is 0 Å². The molecule has 0 aromatic heterocycles. The molecule has 2 amide bonds. The Kier molecular flexibility index (Phi) is 7.02. The van der Waals surface area contributed by atoms with Gasteiger partial charge in [-0.15, -0.1) is 0 Å². The van der Waals surface area contributed by atoms with Crippen molar-refractivity contribution < 1.29 is 9.59 Å². The Labute approximate surface area is 130 Å². The fraction of sp³-hybridized carbons (Fsp3) is 0.467. The molecule has 1 N–H and O–H groups in total. The molecule has 0 fully saturated rings. The number of amides is 2. The van der Waals surface area contributed by atoms with Gasteiger partial charge in [0, 0.05) is 20.1 Å². The third-order valence-corrected chi connectivity index (χ3v) is 3.55. The first-order valence-electron chi connectivity index (χ1n) is 6.99. The van der Waals surface area contributed by atoms with Crippen molar-refractivity contribution in [3.63, 3.8) is 0 Å². The van der Waals surface area contributed by atoms with Gasteiger partial charge in [-0.1, -0.05) is 23.7 Å². The number of nitrogens with one attached hydrogen (secondary N) is 1. The fourth-order valence-corrected chi connectivity index (χ4v) is 2.08. The van der Waals surface area contributed by atoms with E-state index in [1.165, 1.54) is 4.90 Å². The van der Waals surface area contributed by atoms with E-state index in [1.54, 1.807) is 24.1 Å². The van der Waals surface area contributed by atoms with Gasteiger partial charge in [0.15, 0.2) is 0 Å². The number of para-hydroxylation sites is 1. The van der Waals surface area contributed by atoms with E-state index >= 15 is 0 Å². The van der Waals surface area contributed by atoms with Crippen LogP contribution in [0.3, 0.4) is 0 Å². The van der Waals surface area contributed by atoms with Gasteiger partial charge >= 0.3 is 0 Å². The molecule has 1 aromatic carbocycles. The zero-order valence-electron chi connectivity index (χ0n) is 12.7. The number of carbonyl (C=O) groups is 2. The van der Waals surface area contributed by atoms with E-state index in [2.05, 4.69) is 5.32 Å². The summed E-state index contributed by atoms with van der Waals surface area (Å²) in [6.45, 7) is 5.32. The van der Waals surface area contributed by atoms with Crippen LogP contribution in [0.2, 0.25) is 5.02 Å². The molecule has 0 bridgehead atoms.